The third-order valence-corrected chi connectivity index (χ3v) is 4.43. The van der Waals surface area contributed by atoms with Crippen molar-refractivity contribution in [2.24, 2.45) is 14.1 Å². The van der Waals surface area contributed by atoms with Gasteiger partial charge in [0.05, 0.1) is 13.2 Å². The van der Waals surface area contributed by atoms with E-state index < -0.39 is 11.2 Å². The highest BCUT2D eigenvalue weighted by Crippen LogP contribution is 2.07. The quantitative estimate of drug-likeness (QED) is 0.605. The molecule has 0 amide bonds. The first-order valence-corrected chi connectivity index (χ1v) is 7.89. The molecule has 0 radical (unpaired) electrons. The highest BCUT2D eigenvalue weighted by molar-refractivity contribution is 6.01. The van der Waals surface area contributed by atoms with Crippen molar-refractivity contribution in [3.63, 3.8) is 0 Å². The molecule has 0 bridgehead atoms. The molecular weight excluding hydrogens is 314 g/mol. The molecule has 0 aliphatic carbocycles. The van der Waals surface area contributed by atoms with Crippen LogP contribution in [-0.2, 0) is 18.8 Å². The summed E-state index contributed by atoms with van der Waals surface area (Å²) in [5, 5.41) is 0. The molecule has 1 aliphatic heterocycles. The molecular formula is C15H25N5O4. The maximum atomic E-state index is 12.5. The molecule has 1 aromatic rings. The van der Waals surface area contributed by atoms with Crippen LogP contribution >= 0.6 is 0 Å². The van der Waals surface area contributed by atoms with E-state index in [9.17, 15) is 14.4 Å². The number of ether oxygens (including phenoxy) is 1. The van der Waals surface area contributed by atoms with Gasteiger partial charge >= 0.3 is 5.69 Å². The second-order valence-corrected chi connectivity index (χ2v) is 6.00. The number of nitrogens with two attached hydrogens (primary N) is 1. The number of methoxy groups -OCH3 is 1. The standard InChI is InChI=1S/C15H25N5O4/c1-17-13(16)12(14(22)18(2)15(17)23)11(21)10-20-6-4-19(5-7-20)8-9-24-3/h4-10,16H2,1-3H3. The minimum atomic E-state index is -0.640. The van der Waals surface area contributed by atoms with E-state index in [2.05, 4.69) is 4.90 Å². The van der Waals surface area contributed by atoms with Crippen molar-refractivity contribution in [3.05, 3.63) is 26.4 Å². The number of ketones is 1. The molecule has 1 aliphatic rings. The van der Waals surface area contributed by atoms with Gasteiger partial charge < -0.3 is 10.5 Å². The second kappa shape index (κ2) is 7.73. The molecule has 0 unspecified atom stereocenters. The summed E-state index contributed by atoms with van der Waals surface area (Å²) in [5.74, 6) is -0.430. The Labute approximate surface area is 140 Å². The van der Waals surface area contributed by atoms with Crippen LogP contribution in [0.1, 0.15) is 10.4 Å². The fourth-order valence-electron chi connectivity index (χ4n) is 2.80. The number of aromatic nitrogens is 2. The first kappa shape index (κ1) is 18.4. The molecule has 2 rings (SSSR count). The number of anilines is 1. The molecule has 1 aromatic heterocycles. The van der Waals surface area contributed by atoms with E-state index in [0.717, 1.165) is 41.9 Å². The third kappa shape index (κ3) is 3.74. The number of nitrogen functional groups attached to an aromatic ring is 1. The Morgan fingerprint density at radius 1 is 1.08 bits per heavy atom. The fraction of sp³-hybridized carbons (Fsp3) is 0.667. The van der Waals surface area contributed by atoms with E-state index in [0.29, 0.717) is 6.61 Å². The van der Waals surface area contributed by atoms with Crippen LogP contribution in [0.5, 0.6) is 0 Å². The second-order valence-electron chi connectivity index (χ2n) is 6.00. The van der Waals surface area contributed by atoms with Crippen LogP contribution in [0.15, 0.2) is 9.59 Å². The summed E-state index contributed by atoms with van der Waals surface area (Å²) in [6, 6.07) is 0. The van der Waals surface area contributed by atoms with Crippen molar-refractivity contribution in [2.45, 2.75) is 0 Å². The smallest absolute Gasteiger partial charge is 0.332 e. The van der Waals surface area contributed by atoms with Gasteiger partial charge in [0, 0.05) is 53.9 Å². The summed E-state index contributed by atoms with van der Waals surface area (Å²) in [6.45, 7) is 4.84. The van der Waals surface area contributed by atoms with Crippen molar-refractivity contribution in [2.75, 3.05) is 58.7 Å². The van der Waals surface area contributed by atoms with Crippen LogP contribution in [0.25, 0.3) is 0 Å². The van der Waals surface area contributed by atoms with E-state index in [1.165, 1.54) is 14.1 Å². The van der Waals surface area contributed by atoms with Crippen LogP contribution in [0.3, 0.4) is 0 Å². The molecule has 1 saturated heterocycles. The average molecular weight is 339 g/mol. The van der Waals surface area contributed by atoms with Gasteiger partial charge in [0.15, 0.2) is 5.78 Å². The molecule has 134 valence electrons. The summed E-state index contributed by atoms with van der Waals surface area (Å²) in [4.78, 5) is 40.8. The lowest BCUT2D eigenvalue weighted by atomic mass is 10.1. The van der Waals surface area contributed by atoms with E-state index in [-0.39, 0.29) is 23.7 Å². The highest BCUT2D eigenvalue weighted by Gasteiger charge is 2.24. The van der Waals surface area contributed by atoms with Gasteiger partial charge in [-0.25, -0.2) is 4.79 Å². The first-order chi connectivity index (χ1) is 11.4. The van der Waals surface area contributed by atoms with Crippen LogP contribution in [0, 0.1) is 0 Å². The van der Waals surface area contributed by atoms with Crippen LogP contribution in [-0.4, -0.2) is 77.7 Å². The largest absolute Gasteiger partial charge is 0.384 e. The predicted octanol–water partition coefficient (Wildman–Crippen LogP) is -1.89. The van der Waals surface area contributed by atoms with E-state index in [1.54, 1.807) is 7.11 Å². The van der Waals surface area contributed by atoms with Crippen molar-refractivity contribution >= 4 is 11.6 Å². The maximum Gasteiger partial charge on any atom is 0.332 e. The van der Waals surface area contributed by atoms with Gasteiger partial charge in [-0.3, -0.25) is 28.5 Å². The minimum absolute atomic E-state index is 0.0770. The van der Waals surface area contributed by atoms with Gasteiger partial charge in [0.2, 0.25) is 0 Å². The molecule has 1 fully saturated rings. The van der Waals surface area contributed by atoms with Gasteiger partial charge in [-0.2, -0.15) is 0 Å². The molecule has 9 heteroatoms. The lowest BCUT2D eigenvalue weighted by Gasteiger charge is -2.34. The van der Waals surface area contributed by atoms with Crippen molar-refractivity contribution in [1.29, 1.82) is 0 Å². The highest BCUT2D eigenvalue weighted by atomic mass is 16.5. The number of carbonyl (C=O) groups excluding carboxylic acids is 1. The zero-order valence-electron chi connectivity index (χ0n) is 14.4. The summed E-state index contributed by atoms with van der Waals surface area (Å²) < 4.78 is 7.10. The van der Waals surface area contributed by atoms with E-state index in [4.69, 9.17) is 10.5 Å². The Morgan fingerprint density at radius 2 is 1.67 bits per heavy atom. The molecule has 0 aromatic carbocycles. The van der Waals surface area contributed by atoms with Gasteiger partial charge in [-0.15, -0.1) is 0 Å². The van der Waals surface area contributed by atoms with Gasteiger partial charge in [-0.1, -0.05) is 0 Å². The van der Waals surface area contributed by atoms with Crippen molar-refractivity contribution < 1.29 is 9.53 Å². The zero-order chi connectivity index (χ0) is 17.9. The van der Waals surface area contributed by atoms with Crippen molar-refractivity contribution in [1.82, 2.24) is 18.9 Å². The minimum Gasteiger partial charge on any atom is -0.384 e. The molecule has 0 spiro atoms. The Kier molecular flexibility index (Phi) is 5.92. The topological polar surface area (TPSA) is 103 Å². The summed E-state index contributed by atoms with van der Waals surface area (Å²) >= 11 is 0. The monoisotopic (exact) mass is 339 g/mol. The van der Waals surface area contributed by atoms with Crippen LogP contribution in [0.4, 0.5) is 5.82 Å². The normalized spacial score (nSPS) is 16.5. The third-order valence-electron chi connectivity index (χ3n) is 4.43. The maximum absolute atomic E-state index is 12.5. The van der Waals surface area contributed by atoms with Crippen molar-refractivity contribution in [3.8, 4) is 0 Å². The number of hydrogen-bond donors (Lipinski definition) is 1. The SMILES string of the molecule is COCCN1CCN(CC(=O)c2c(N)n(C)c(=O)n(C)c2=O)CC1. The van der Waals surface area contributed by atoms with Gasteiger partial charge in [0.25, 0.3) is 5.56 Å². The lowest BCUT2D eigenvalue weighted by Crippen LogP contribution is -2.49. The molecule has 0 saturated carbocycles. The summed E-state index contributed by atoms with van der Waals surface area (Å²) in [7, 11) is 4.46. The Hall–Kier alpha value is -1.97. The molecule has 24 heavy (non-hydrogen) atoms. The average Bonchev–Trinajstić information content (AvgIpc) is 2.58. The fourth-order valence-corrected chi connectivity index (χ4v) is 2.80. The van der Waals surface area contributed by atoms with E-state index >= 15 is 0 Å². The first-order valence-electron chi connectivity index (χ1n) is 7.89. The van der Waals surface area contributed by atoms with Crippen LogP contribution < -0.4 is 17.0 Å². The number of Topliss-reactive ketones (excluding diaryl/α,β-unsaturated/α-hetero) is 1. The Bertz CT molecular complexity index is 716. The molecule has 9 nitrogen and oxygen atoms in total. The van der Waals surface area contributed by atoms with Gasteiger partial charge in [-0.05, 0) is 0 Å². The molecule has 2 heterocycles. The Morgan fingerprint density at radius 3 is 2.25 bits per heavy atom. The Balaban J connectivity index is 2.07. The molecule has 2 N–H and O–H groups in total. The number of hydrogen-bond acceptors (Lipinski definition) is 7. The number of rotatable bonds is 6. The van der Waals surface area contributed by atoms with E-state index in [1.807, 2.05) is 4.90 Å². The number of carbonyl (C=O) groups is 1. The zero-order valence-corrected chi connectivity index (χ0v) is 14.4. The van der Waals surface area contributed by atoms with Crippen LogP contribution in [0.2, 0.25) is 0 Å². The number of nitrogens with zero attached hydrogens (tertiary/aromatic N) is 4. The lowest BCUT2D eigenvalue weighted by molar-refractivity contribution is 0.0787. The molecule has 0 atom stereocenters. The number of piperazine rings is 1. The summed E-state index contributed by atoms with van der Waals surface area (Å²) in [5.41, 5.74) is 4.53. The summed E-state index contributed by atoms with van der Waals surface area (Å²) in [6.07, 6.45) is 0. The van der Waals surface area contributed by atoms with Gasteiger partial charge in [0.1, 0.15) is 11.4 Å². The predicted molar refractivity (Wildman–Crippen MR) is 90.4 cm³/mol.